The van der Waals surface area contributed by atoms with Gasteiger partial charge in [-0.1, -0.05) is 36.4 Å². The van der Waals surface area contributed by atoms with E-state index in [0.29, 0.717) is 5.82 Å². The van der Waals surface area contributed by atoms with Crippen LogP contribution in [0.1, 0.15) is 0 Å². The van der Waals surface area contributed by atoms with Crippen molar-refractivity contribution >= 4 is 0 Å². The maximum Gasteiger partial charge on any atom is 0.205 e. The molecule has 0 aliphatic rings. The monoisotopic (exact) mass is 238 g/mol. The highest BCUT2D eigenvalue weighted by atomic mass is 16.3. The summed E-state index contributed by atoms with van der Waals surface area (Å²) in [6.45, 7) is 0. The molecule has 0 amide bonds. The minimum atomic E-state index is 0.246. The molecule has 18 heavy (non-hydrogen) atoms. The Bertz CT molecular complexity index is 647. The fourth-order valence-electron chi connectivity index (χ4n) is 1.85. The Kier molecular flexibility index (Phi) is 2.49. The number of hydrogen-bond acceptors (Lipinski definition) is 4. The smallest absolute Gasteiger partial charge is 0.205 e. The summed E-state index contributed by atoms with van der Waals surface area (Å²) in [4.78, 5) is 0. The van der Waals surface area contributed by atoms with Crippen molar-refractivity contribution in [3.63, 3.8) is 0 Å². The van der Waals surface area contributed by atoms with E-state index in [-0.39, 0.29) is 5.75 Å². The maximum atomic E-state index is 9.32. The van der Waals surface area contributed by atoms with Gasteiger partial charge in [0.15, 0.2) is 0 Å². The minimum Gasteiger partial charge on any atom is -0.508 e. The fraction of sp³-hybridized carbons (Fsp3) is 0. The lowest BCUT2D eigenvalue weighted by atomic mass is 9.99. The van der Waals surface area contributed by atoms with Crippen LogP contribution in [-0.2, 0) is 0 Å². The third-order valence-electron chi connectivity index (χ3n) is 2.69. The van der Waals surface area contributed by atoms with E-state index >= 15 is 0 Å². The van der Waals surface area contributed by atoms with Crippen molar-refractivity contribution < 1.29 is 5.11 Å². The lowest BCUT2D eigenvalue weighted by Crippen LogP contribution is -1.86. The molecule has 0 atom stereocenters. The van der Waals surface area contributed by atoms with Gasteiger partial charge in [-0.25, -0.2) is 0 Å². The Labute approximate surface area is 103 Å². The van der Waals surface area contributed by atoms with Crippen molar-refractivity contribution in [1.29, 1.82) is 0 Å². The first-order chi connectivity index (χ1) is 8.84. The number of hydrogen-bond donors (Lipinski definition) is 2. The molecule has 1 heterocycles. The minimum absolute atomic E-state index is 0.246. The summed E-state index contributed by atoms with van der Waals surface area (Å²) in [6.07, 6.45) is 0. The molecule has 1 aromatic heterocycles. The normalized spacial score (nSPS) is 10.4. The second-order valence-electron chi connectivity index (χ2n) is 3.83. The van der Waals surface area contributed by atoms with Crippen LogP contribution in [0.4, 0.5) is 0 Å². The van der Waals surface area contributed by atoms with Crippen molar-refractivity contribution in [2.45, 2.75) is 0 Å². The Morgan fingerprint density at radius 2 is 1.61 bits per heavy atom. The van der Waals surface area contributed by atoms with E-state index in [2.05, 4.69) is 20.6 Å². The fourth-order valence-corrected chi connectivity index (χ4v) is 1.85. The van der Waals surface area contributed by atoms with Gasteiger partial charge in [0.25, 0.3) is 0 Å². The Morgan fingerprint density at radius 1 is 0.889 bits per heavy atom. The van der Waals surface area contributed by atoms with E-state index < -0.39 is 0 Å². The van der Waals surface area contributed by atoms with E-state index in [1.165, 1.54) is 0 Å². The largest absolute Gasteiger partial charge is 0.508 e. The molecule has 0 aliphatic heterocycles. The molecule has 0 bridgehead atoms. The number of nitrogens with zero attached hydrogens (tertiary/aromatic N) is 3. The molecule has 5 heteroatoms. The maximum absolute atomic E-state index is 9.32. The van der Waals surface area contributed by atoms with Crippen LogP contribution in [-0.4, -0.2) is 25.7 Å². The van der Waals surface area contributed by atoms with Gasteiger partial charge in [0.2, 0.25) is 5.82 Å². The zero-order valence-electron chi connectivity index (χ0n) is 9.41. The molecule has 2 N–H and O–H groups in total. The van der Waals surface area contributed by atoms with E-state index in [1.807, 2.05) is 36.4 Å². The highest BCUT2D eigenvalue weighted by Gasteiger charge is 2.09. The van der Waals surface area contributed by atoms with Gasteiger partial charge in [-0.15, -0.1) is 10.2 Å². The first-order valence-electron chi connectivity index (χ1n) is 5.47. The zero-order valence-corrected chi connectivity index (χ0v) is 9.41. The van der Waals surface area contributed by atoms with Gasteiger partial charge in [0.05, 0.1) is 0 Å². The number of phenols is 1. The number of aromatic hydroxyl groups is 1. The number of aromatic nitrogens is 4. The van der Waals surface area contributed by atoms with Crippen LogP contribution in [0.2, 0.25) is 0 Å². The molecule has 0 saturated carbocycles. The Balaban J connectivity index is 2.15. The molecule has 0 spiro atoms. The van der Waals surface area contributed by atoms with Crippen LogP contribution in [0, 0.1) is 0 Å². The summed E-state index contributed by atoms with van der Waals surface area (Å²) in [5.41, 5.74) is 2.89. The number of phenolic OH excluding ortho intramolecular Hbond substituents is 1. The third-order valence-corrected chi connectivity index (χ3v) is 2.69. The van der Waals surface area contributed by atoms with Crippen molar-refractivity contribution in [3.8, 4) is 28.3 Å². The summed E-state index contributed by atoms with van der Waals surface area (Å²) < 4.78 is 0. The molecule has 2 aromatic carbocycles. The van der Waals surface area contributed by atoms with Gasteiger partial charge in [-0.2, -0.15) is 5.21 Å². The highest BCUT2D eigenvalue weighted by molar-refractivity contribution is 5.80. The van der Waals surface area contributed by atoms with Crippen LogP contribution >= 0.6 is 0 Å². The number of aromatic amines is 1. The molecule has 0 saturated heterocycles. The lowest BCUT2D eigenvalue weighted by molar-refractivity contribution is 0.475. The average Bonchev–Trinajstić information content (AvgIpc) is 2.93. The summed E-state index contributed by atoms with van der Waals surface area (Å²) in [5, 5.41) is 23.3. The molecule has 3 aromatic rings. The van der Waals surface area contributed by atoms with Gasteiger partial charge in [-0.05, 0) is 28.5 Å². The number of tetrazole rings is 1. The van der Waals surface area contributed by atoms with Crippen molar-refractivity contribution in [1.82, 2.24) is 20.6 Å². The Hall–Kier alpha value is -2.69. The molecule has 0 unspecified atom stereocenters. The quantitative estimate of drug-likeness (QED) is 0.718. The Morgan fingerprint density at radius 3 is 2.28 bits per heavy atom. The molecule has 0 radical (unpaired) electrons. The van der Waals surface area contributed by atoms with Gasteiger partial charge < -0.3 is 5.11 Å². The first kappa shape index (κ1) is 10.5. The van der Waals surface area contributed by atoms with Crippen LogP contribution < -0.4 is 0 Å². The summed E-state index contributed by atoms with van der Waals surface area (Å²) >= 11 is 0. The molecule has 88 valence electrons. The van der Waals surface area contributed by atoms with E-state index in [9.17, 15) is 5.11 Å². The zero-order chi connectivity index (χ0) is 12.4. The summed E-state index contributed by atoms with van der Waals surface area (Å²) in [5.74, 6) is 0.800. The van der Waals surface area contributed by atoms with Crippen LogP contribution in [0.5, 0.6) is 5.75 Å². The topological polar surface area (TPSA) is 74.7 Å². The molecular formula is C13H10N4O. The second-order valence-corrected chi connectivity index (χ2v) is 3.83. The molecular weight excluding hydrogens is 228 g/mol. The van der Waals surface area contributed by atoms with Gasteiger partial charge in [0, 0.05) is 5.56 Å². The first-order valence-corrected chi connectivity index (χ1v) is 5.47. The molecule has 3 rings (SSSR count). The average molecular weight is 238 g/mol. The molecule has 0 aliphatic carbocycles. The second kappa shape index (κ2) is 4.29. The number of rotatable bonds is 2. The van der Waals surface area contributed by atoms with Gasteiger partial charge in [-0.3, -0.25) is 0 Å². The third kappa shape index (κ3) is 1.82. The van der Waals surface area contributed by atoms with Crippen LogP contribution in [0.15, 0.2) is 48.5 Å². The number of benzene rings is 2. The van der Waals surface area contributed by atoms with Crippen LogP contribution in [0.3, 0.4) is 0 Å². The highest BCUT2D eigenvalue weighted by Crippen LogP contribution is 2.30. The number of nitrogens with one attached hydrogen (secondary N) is 1. The van der Waals surface area contributed by atoms with Gasteiger partial charge in [0.1, 0.15) is 5.75 Å². The van der Waals surface area contributed by atoms with Gasteiger partial charge >= 0.3 is 0 Å². The van der Waals surface area contributed by atoms with Crippen LogP contribution in [0.25, 0.3) is 22.5 Å². The SMILES string of the molecule is Oc1ccc(-c2ccccc2-c2nn[nH]n2)cc1. The number of H-pyrrole nitrogens is 1. The van der Waals surface area contributed by atoms with E-state index in [1.54, 1.807) is 12.1 Å². The van der Waals surface area contributed by atoms with Crippen molar-refractivity contribution in [2.24, 2.45) is 0 Å². The summed E-state index contributed by atoms with van der Waals surface area (Å²) in [6, 6.07) is 14.8. The lowest BCUT2D eigenvalue weighted by Gasteiger charge is -2.06. The predicted molar refractivity (Wildman–Crippen MR) is 66.7 cm³/mol. The summed E-state index contributed by atoms with van der Waals surface area (Å²) in [7, 11) is 0. The van der Waals surface area contributed by atoms with Crippen molar-refractivity contribution in [3.05, 3.63) is 48.5 Å². The van der Waals surface area contributed by atoms with Crippen molar-refractivity contribution in [2.75, 3.05) is 0 Å². The predicted octanol–water partition coefficient (Wildman–Crippen LogP) is 2.24. The van der Waals surface area contributed by atoms with E-state index in [4.69, 9.17) is 0 Å². The van der Waals surface area contributed by atoms with E-state index in [0.717, 1.165) is 16.7 Å². The standard InChI is InChI=1S/C13H10N4O/c18-10-7-5-9(6-8-10)11-3-1-2-4-12(11)13-14-16-17-15-13/h1-8,18H,(H,14,15,16,17). The molecule has 0 fully saturated rings. The molecule has 5 nitrogen and oxygen atoms in total.